The van der Waals surface area contributed by atoms with Crippen LogP contribution in [0.2, 0.25) is 0 Å². The average molecular weight is 372 g/mol. The number of amides is 2. The van der Waals surface area contributed by atoms with Gasteiger partial charge in [0.15, 0.2) is 0 Å². The lowest BCUT2D eigenvalue weighted by Gasteiger charge is -2.37. The van der Waals surface area contributed by atoms with E-state index in [1.54, 1.807) is 0 Å². The minimum absolute atomic E-state index is 0.0727. The second-order valence-corrected chi connectivity index (χ2v) is 7.98. The summed E-state index contributed by atoms with van der Waals surface area (Å²) in [5, 5.41) is 12.7. The van der Waals surface area contributed by atoms with Crippen LogP contribution in [0, 0.1) is 5.92 Å². The molecule has 0 aromatic heterocycles. The summed E-state index contributed by atoms with van der Waals surface area (Å²) < 4.78 is 5.97. The Morgan fingerprint density at radius 3 is 2.67 bits per heavy atom. The molecule has 1 saturated carbocycles. The number of aliphatic hydroxyl groups is 1. The first-order chi connectivity index (χ1) is 13.1. The molecule has 1 aromatic carbocycles. The first kappa shape index (κ1) is 18.4. The van der Waals surface area contributed by atoms with E-state index >= 15 is 0 Å². The van der Waals surface area contributed by atoms with Gasteiger partial charge in [0.1, 0.15) is 6.10 Å². The van der Waals surface area contributed by atoms with Gasteiger partial charge in [-0.1, -0.05) is 24.3 Å². The first-order valence-electron chi connectivity index (χ1n) is 10.1. The van der Waals surface area contributed by atoms with Gasteiger partial charge in [0, 0.05) is 19.0 Å². The third-order valence-corrected chi connectivity index (χ3v) is 5.96. The van der Waals surface area contributed by atoms with Crippen molar-refractivity contribution < 1.29 is 19.4 Å². The zero-order valence-electron chi connectivity index (χ0n) is 15.6. The monoisotopic (exact) mass is 372 g/mol. The lowest BCUT2D eigenvalue weighted by Crippen LogP contribution is -2.52. The molecule has 6 heteroatoms. The van der Waals surface area contributed by atoms with Crippen molar-refractivity contribution in [3.63, 3.8) is 0 Å². The third-order valence-electron chi connectivity index (χ3n) is 5.96. The lowest BCUT2D eigenvalue weighted by molar-refractivity contribution is -0.143. The van der Waals surface area contributed by atoms with Gasteiger partial charge in [-0.25, -0.2) is 0 Å². The fourth-order valence-corrected chi connectivity index (χ4v) is 4.13. The molecule has 146 valence electrons. The molecular formula is C21H28N2O4. The Morgan fingerprint density at radius 1 is 1.15 bits per heavy atom. The van der Waals surface area contributed by atoms with Crippen molar-refractivity contribution in [1.29, 1.82) is 0 Å². The van der Waals surface area contributed by atoms with Crippen molar-refractivity contribution in [2.24, 2.45) is 5.92 Å². The van der Waals surface area contributed by atoms with Gasteiger partial charge in [-0.15, -0.1) is 0 Å². The molecule has 6 nitrogen and oxygen atoms in total. The van der Waals surface area contributed by atoms with Crippen molar-refractivity contribution in [1.82, 2.24) is 10.2 Å². The third kappa shape index (κ3) is 4.33. The molecule has 1 aromatic rings. The largest absolute Gasteiger partial charge is 0.394 e. The standard InChI is InChI=1S/C21H28N2O4/c24-13-19-18(22-21(26)15-5-6-15)8-7-17(27-19)11-20(25)23-10-9-14-3-1-2-4-16(14)12-23/h1-4,15,17-19,24H,5-13H2,(H,22,26)/t17-,18-,19-/m0/s1. The Morgan fingerprint density at radius 2 is 1.93 bits per heavy atom. The van der Waals surface area contributed by atoms with Crippen LogP contribution in [0.1, 0.15) is 43.2 Å². The molecule has 27 heavy (non-hydrogen) atoms. The number of rotatable bonds is 5. The number of benzene rings is 1. The van der Waals surface area contributed by atoms with Crippen molar-refractivity contribution >= 4 is 11.8 Å². The van der Waals surface area contributed by atoms with Crippen LogP contribution < -0.4 is 5.32 Å². The van der Waals surface area contributed by atoms with E-state index in [9.17, 15) is 14.7 Å². The molecule has 2 aliphatic heterocycles. The summed E-state index contributed by atoms with van der Waals surface area (Å²) >= 11 is 0. The highest BCUT2D eigenvalue weighted by atomic mass is 16.5. The molecule has 0 bridgehead atoms. The maximum atomic E-state index is 12.7. The number of nitrogens with zero attached hydrogens (tertiary/aromatic N) is 1. The second kappa shape index (κ2) is 7.98. The van der Waals surface area contributed by atoms with Crippen LogP contribution in [-0.4, -0.2) is 53.2 Å². The van der Waals surface area contributed by atoms with Crippen LogP contribution in [0.4, 0.5) is 0 Å². The van der Waals surface area contributed by atoms with Crippen LogP contribution >= 0.6 is 0 Å². The molecule has 3 aliphatic rings. The molecule has 0 spiro atoms. The van der Waals surface area contributed by atoms with Gasteiger partial charge in [-0.05, 0) is 43.2 Å². The normalized spacial score (nSPS) is 27.7. The highest BCUT2D eigenvalue weighted by Crippen LogP contribution is 2.30. The van der Waals surface area contributed by atoms with Gasteiger partial charge in [0.2, 0.25) is 11.8 Å². The summed E-state index contributed by atoms with van der Waals surface area (Å²) in [6.07, 6.45) is 3.98. The molecule has 4 rings (SSSR count). The van der Waals surface area contributed by atoms with E-state index in [2.05, 4.69) is 17.4 Å². The van der Waals surface area contributed by atoms with Gasteiger partial charge < -0.3 is 20.1 Å². The molecule has 2 heterocycles. The topological polar surface area (TPSA) is 78.9 Å². The quantitative estimate of drug-likeness (QED) is 0.819. The first-order valence-corrected chi connectivity index (χ1v) is 10.1. The van der Waals surface area contributed by atoms with E-state index in [-0.39, 0.29) is 36.5 Å². The van der Waals surface area contributed by atoms with Crippen molar-refractivity contribution in [3.8, 4) is 0 Å². The fraction of sp³-hybridized carbons (Fsp3) is 0.619. The number of carbonyl (C=O) groups is 2. The number of hydrogen-bond donors (Lipinski definition) is 2. The zero-order valence-corrected chi connectivity index (χ0v) is 15.6. The van der Waals surface area contributed by atoms with Crippen LogP contribution in [0.15, 0.2) is 24.3 Å². The summed E-state index contributed by atoms with van der Waals surface area (Å²) in [6, 6.07) is 8.11. The second-order valence-electron chi connectivity index (χ2n) is 7.98. The summed E-state index contributed by atoms with van der Waals surface area (Å²) in [5.74, 6) is 0.320. The van der Waals surface area contributed by atoms with E-state index in [4.69, 9.17) is 4.74 Å². The fourth-order valence-electron chi connectivity index (χ4n) is 4.13. The number of nitrogens with one attached hydrogen (secondary N) is 1. The maximum Gasteiger partial charge on any atom is 0.225 e. The molecule has 0 unspecified atom stereocenters. The molecule has 1 saturated heterocycles. The Hall–Kier alpha value is -1.92. The van der Waals surface area contributed by atoms with E-state index < -0.39 is 6.10 Å². The Labute approximate surface area is 159 Å². The summed E-state index contributed by atoms with van der Waals surface area (Å²) in [5.41, 5.74) is 2.54. The van der Waals surface area contributed by atoms with Crippen molar-refractivity contribution in [2.45, 2.75) is 63.3 Å². The molecular weight excluding hydrogens is 344 g/mol. The molecule has 2 N–H and O–H groups in total. The van der Waals surface area contributed by atoms with Crippen molar-refractivity contribution in [3.05, 3.63) is 35.4 Å². The number of hydrogen-bond acceptors (Lipinski definition) is 4. The minimum atomic E-state index is -0.429. The van der Waals surface area contributed by atoms with Crippen molar-refractivity contribution in [2.75, 3.05) is 13.2 Å². The van der Waals surface area contributed by atoms with E-state index in [1.807, 2.05) is 17.0 Å². The maximum absolute atomic E-state index is 12.7. The Balaban J connectivity index is 1.29. The molecule has 0 radical (unpaired) electrons. The number of carbonyl (C=O) groups excluding carboxylic acids is 2. The highest BCUT2D eigenvalue weighted by Gasteiger charge is 2.37. The predicted octanol–water partition coefficient (Wildman–Crippen LogP) is 1.40. The number of aliphatic hydroxyl groups excluding tert-OH is 1. The summed E-state index contributed by atoms with van der Waals surface area (Å²) in [7, 11) is 0. The van der Waals surface area contributed by atoms with E-state index in [1.165, 1.54) is 11.1 Å². The number of fused-ring (bicyclic) bond motifs is 1. The molecule has 3 atom stereocenters. The van der Waals surface area contributed by atoms with Crippen LogP contribution in [0.3, 0.4) is 0 Å². The molecule has 2 fully saturated rings. The highest BCUT2D eigenvalue weighted by molar-refractivity contribution is 5.81. The van der Waals surface area contributed by atoms with E-state index in [0.29, 0.717) is 13.0 Å². The van der Waals surface area contributed by atoms with Crippen LogP contribution in [0.25, 0.3) is 0 Å². The van der Waals surface area contributed by atoms with Crippen LogP contribution in [-0.2, 0) is 27.3 Å². The smallest absolute Gasteiger partial charge is 0.225 e. The lowest BCUT2D eigenvalue weighted by atomic mass is 9.95. The van der Waals surface area contributed by atoms with Crippen LogP contribution in [0.5, 0.6) is 0 Å². The van der Waals surface area contributed by atoms with Gasteiger partial charge in [-0.2, -0.15) is 0 Å². The Kier molecular flexibility index (Phi) is 5.45. The summed E-state index contributed by atoms with van der Waals surface area (Å²) in [4.78, 5) is 26.6. The molecule has 1 aliphatic carbocycles. The van der Waals surface area contributed by atoms with Gasteiger partial charge in [0.25, 0.3) is 0 Å². The van der Waals surface area contributed by atoms with Gasteiger partial charge in [-0.3, -0.25) is 9.59 Å². The van der Waals surface area contributed by atoms with Gasteiger partial charge in [0.05, 0.1) is 25.2 Å². The predicted molar refractivity (Wildman–Crippen MR) is 99.8 cm³/mol. The average Bonchev–Trinajstić information content (AvgIpc) is 3.54. The SMILES string of the molecule is O=C(N[C@H]1CC[C@@H](CC(=O)N2CCc3ccccc3C2)O[C@H]1CO)C1CC1. The molecule has 2 amide bonds. The minimum Gasteiger partial charge on any atom is -0.394 e. The van der Waals surface area contributed by atoms with Gasteiger partial charge >= 0.3 is 0 Å². The Bertz CT molecular complexity index is 703. The summed E-state index contributed by atoms with van der Waals surface area (Å²) in [6.45, 7) is 1.26. The zero-order chi connectivity index (χ0) is 18.8. The van der Waals surface area contributed by atoms with E-state index in [0.717, 1.165) is 38.6 Å². The number of ether oxygens (including phenoxy) is 1.